The van der Waals surface area contributed by atoms with Crippen LogP contribution in [0.5, 0.6) is 0 Å². The van der Waals surface area contributed by atoms with E-state index in [-0.39, 0.29) is 5.91 Å². The van der Waals surface area contributed by atoms with Crippen molar-refractivity contribution in [1.29, 1.82) is 0 Å². The first-order chi connectivity index (χ1) is 16.6. The summed E-state index contributed by atoms with van der Waals surface area (Å²) in [6.07, 6.45) is 7.81. The van der Waals surface area contributed by atoms with Crippen molar-refractivity contribution in [3.8, 4) is 0 Å². The SMILES string of the molecule is CCC(CC)N1C[C@H]2CCN(c3ccc(NC(=O)c4ccc(COC5CCC5)cc4)cc3)[C@H]2C1. The van der Waals surface area contributed by atoms with Crippen LogP contribution >= 0.6 is 0 Å². The molecule has 5 nitrogen and oxygen atoms in total. The van der Waals surface area contributed by atoms with E-state index in [2.05, 4.69) is 41.1 Å². The van der Waals surface area contributed by atoms with Gasteiger partial charge in [-0.15, -0.1) is 0 Å². The van der Waals surface area contributed by atoms with E-state index in [1.807, 2.05) is 36.4 Å². The molecular weight excluding hydrogens is 422 g/mol. The molecule has 0 bridgehead atoms. The van der Waals surface area contributed by atoms with Gasteiger partial charge in [0, 0.05) is 48.7 Å². The molecule has 0 aromatic heterocycles. The molecule has 0 unspecified atom stereocenters. The normalized spacial score (nSPS) is 22.7. The first-order valence-corrected chi connectivity index (χ1v) is 13.3. The molecule has 5 rings (SSSR count). The third kappa shape index (κ3) is 5.01. The van der Waals surface area contributed by atoms with Crippen LogP contribution in [0.15, 0.2) is 48.5 Å². The smallest absolute Gasteiger partial charge is 0.255 e. The number of rotatable bonds is 9. The summed E-state index contributed by atoms with van der Waals surface area (Å²) in [6.45, 7) is 8.80. The summed E-state index contributed by atoms with van der Waals surface area (Å²) in [5.41, 5.74) is 3.90. The number of ether oxygens (including phenoxy) is 1. The standard InChI is InChI=1S/C29H39N3O2/c1-3-25(4-2)31-18-23-16-17-32(28(23)19-31)26-14-12-24(13-15-26)30-29(33)22-10-8-21(9-11-22)20-34-27-6-5-7-27/h8-15,23,25,27-28H,3-7,16-20H2,1-2H3,(H,30,33)/t23-,28+/m1/s1. The van der Waals surface area contributed by atoms with Crippen molar-refractivity contribution in [2.75, 3.05) is 29.9 Å². The number of fused-ring (bicyclic) bond motifs is 1. The van der Waals surface area contributed by atoms with Gasteiger partial charge in [-0.3, -0.25) is 9.69 Å². The fourth-order valence-corrected chi connectivity index (χ4v) is 5.86. The molecule has 3 aliphatic rings. The molecule has 0 radical (unpaired) electrons. The summed E-state index contributed by atoms with van der Waals surface area (Å²) in [4.78, 5) is 18.0. The molecule has 2 aromatic carbocycles. The van der Waals surface area contributed by atoms with Crippen molar-refractivity contribution in [1.82, 2.24) is 4.90 Å². The van der Waals surface area contributed by atoms with Crippen LogP contribution in [0.1, 0.15) is 68.3 Å². The monoisotopic (exact) mass is 461 g/mol. The molecule has 5 heteroatoms. The second-order valence-corrected chi connectivity index (χ2v) is 10.3. The quantitative estimate of drug-likeness (QED) is 0.520. The summed E-state index contributed by atoms with van der Waals surface area (Å²) in [5.74, 6) is 0.708. The number of carbonyl (C=O) groups excluding carboxylic acids is 1. The highest BCUT2D eigenvalue weighted by Crippen LogP contribution is 2.36. The largest absolute Gasteiger partial charge is 0.374 e. The molecule has 1 N–H and O–H groups in total. The van der Waals surface area contributed by atoms with E-state index < -0.39 is 0 Å². The number of carbonyl (C=O) groups is 1. The zero-order chi connectivity index (χ0) is 23.5. The van der Waals surface area contributed by atoms with Crippen LogP contribution in [0.25, 0.3) is 0 Å². The van der Waals surface area contributed by atoms with Crippen molar-refractivity contribution in [3.05, 3.63) is 59.7 Å². The van der Waals surface area contributed by atoms with Crippen LogP contribution in [0, 0.1) is 5.92 Å². The van der Waals surface area contributed by atoms with Gasteiger partial charge in [0.15, 0.2) is 0 Å². The first-order valence-electron chi connectivity index (χ1n) is 13.3. The average molecular weight is 462 g/mol. The topological polar surface area (TPSA) is 44.8 Å². The zero-order valence-corrected chi connectivity index (χ0v) is 20.7. The van der Waals surface area contributed by atoms with E-state index >= 15 is 0 Å². The van der Waals surface area contributed by atoms with Gasteiger partial charge in [0.05, 0.1) is 12.7 Å². The number of likely N-dealkylation sites (tertiary alicyclic amines) is 1. The van der Waals surface area contributed by atoms with E-state index in [9.17, 15) is 4.79 Å². The Bertz CT molecular complexity index is 950. The maximum Gasteiger partial charge on any atom is 0.255 e. The van der Waals surface area contributed by atoms with E-state index in [0.29, 0.717) is 24.3 Å². The van der Waals surface area contributed by atoms with E-state index in [1.54, 1.807) is 0 Å². The van der Waals surface area contributed by atoms with Crippen molar-refractivity contribution in [2.24, 2.45) is 5.92 Å². The molecule has 2 saturated heterocycles. The molecule has 182 valence electrons. The Balaban J connectivity index is 1.16. The molecule has 2 aliphatic heterocycles. The Morgan fingerprint density at radius 2 is 1.74 bits per heavy atom. The summed E-state index contributed by atoms with van der Waals surface area (Å²) in [7, 11) is 0. The van der Waals surface area contributed by atoms with Gasteiger partial charge in [0.25, 0.3) is 5.91 Å². The second kappa shape index (κ2) is 10.5. The second-order valence-electron chi connectivity index (χ2n) is 10.3. The summed E-state index contributed by atoms with van der Waals surface area (Å²) < 4.78 is 5.86. The van der Waals surface area contributed by atoms with E-state index in [1.165, 1.54) is 57.3 Å². The summed E-state index contributed by atoms with van der Waals surface area (Å²) in [6, 6.07) is 17.5. The minimum absolute atomic E-state index is 0.0722. The molecule has 2 aromatic rings. The van der Waals surface area contributed by atoms with Crippen LogP contribution in [0.3, 0.4) is 0 Å². The lowest BCUT2D eigenvalue weighted by molar-refractivity contribution is -0.00866. The van der Waals surface area contributed by atoms with Crippen LogP contribution in [-0.4, -0.2) is 48.6 Å². The molecule has 34 heavy (non-hydrogen) atoms. The van der Waals surface area contributed by atoms with Crippen LogP contribution in [-0.2, 0) is 11.3 Å². The van der Waals surface area contributed by atoms with Crippen LogP contribution in [0.4, 0.5) is 11.4 Å². The molecule has 0 spiro atoms. The van der Waals surface area contributed by atoms with Crippen LogP contribution < -0.4 is 10.2 Å². The Hall–Kier alpha value is -2.37. The highest BCUT2D eigenvalue weighted by atomic mass is 16.5. The number of hydrogen-bond donors (Lipinski definition) is 1. The fraction of sp³-hybridized carbons (Fsp3) is 0.552. The number of benzene rings is 2. The Labute approximate surface area is 204 Å². The minimum Gasteiger partial charge on any atom is -0.374 e. The lowest BCUT2D eigenvalue weighted by Gasteiger charge is -2.30. The lowest BCUT2D eigenvalue weighted by atomic mass is 9.96. The van der Waals surface area contributed by atoms with E-state index in [4.69, 9.17) is 4.74 Å². The highest BCUT2D eigenvalue weighted by molar-refractivity contribution is 6.04. The van der Waals surface area contributed by atoms with Gasteiger partial charge >= 0.3 is 0 Å². The van der Waals surface area contributed by atoms with Crippen molar-refractivity contribution in [2.45, 2.75) is 77.2 Å². The molecule has 2 heterocycles. The van der Waals surface area contributed by atoms with Gasteiger partial charge in [-0.2, -0.15) is 0 Å². The molecule has 2 atom stereocenters. The van der Waals surface area contributed by atoms with Crippen molar-refractivity contribution >= 4 is 17.3 Å². The first kappa shape index (κ1) is 23.4. The van der Waals surface area contributed by atoms with Crippen LogP contribution in [0.2, 0.25) is 0 Å². The Kier molecular flexibility index (Phi) is 7.21. The van der Waals surface area contributed by atoms with E-state index in [0.717, 1.165) is 29.8 Å². The maximum absolute atomic E-state index is 12.7. The number of nitrogens with one attached hydrogen (secondary N) is 1. The number of hydrogen-bond acceptors (Lipinski definition) is 4. The van der Waals surface area contributed by atoms with Crippen molar-refractivity contribution in [3.63, 3.8) is 0 Å². The third-order valence-corrected chi connectivity index (χ3v) is 8.25. The number of nitrogens with zero attached hydrogens (tertiary/aromatic N) is 2. The molecule has 1 saturated carbocycles. The van der Waals surface area contributed by atoms with Gasteiger partial charge in [-0.25, -0.2) is 0 Å². The molecule has 3 fully saturated rings. The van der Waals surface area contributed by atoms with Gasteiger partial charge in [-0.05, 0) is 86.4 Å². The fourth-order valence-electron chi connectivity index (χ4n) is 5.86. The molecule has 1 amide bonds. The predicted octanol–water partition coefficient (Wildman–Crippen LogP) is 5.71. The average Bonchev–Trinajstić information content (AvgIpc) is 3.41. The number of amides is 1. The maximum atomic E-state index is 12.7. The number of anilines is 2. The Morgan fingerprint density at radius 3 is 2.38 bits per heavy atom. The van der Waals surface area contributed by atoms with Gasteiger partial charge in [-0.1, -0.05) is 26.0 Å². The van der Waals surface area contributed by atoms with Gasteiger partial charge in [0.2, 0.25) is 0 Å². The Morgan fingerprint density at radius 1 is 1.00 bits per heavy atom. The molecular formula is C29H39N3O2. The molecule has 1 aliphatic carbocycles. The zero-order valence-electron chi connectivity index (χ0n) is 20.7. The third-order valence-electron chi connectivity index (χ3n) is 8.25. The summed E-state index contributed by atoms with van der Waals surface area (Å²) in [5, 5.41) is 3.05. The van der Waals surface area contributed by atoms with Gasteiger partial charge in [0.1, 0.15) is 0 Å². The summed E-state index contributed by atoms with van der Waals surface area (Å²) >= 11 is 0. The lowest BCUT2D eigenvalue weighted by Crippen LogP contribution is -2.38. The van der Waals surface area contributed by atoms with Crippen molar-refractivity contribution < 1.29 is 9.53 Å². The predicted molar refractivity (Wildman–Crippen MR) is 138 cm³/mol. The van der Waals surface area contributed by atoms with Gasteiger partial charge < -0.3 is 15.0 Å². The minimum atomic E-state index is -0.0722. The highest BCUT2D eigenvalue weighted by Gasteiger charge is 2.42.